The topological polar surface area (TPSA) is 64.7 Å². The molecule has 2 fully saturated rings. The Bertz CT molecular complexity index is 888. The van der Waals surface area contributed by atoms with Gasteiger partial charge in [0.2, 0.25) is 0 Å². The Morgan fingerprint density at radius 1 is 0.793 bits per heavy atom. The van der Waals surface area contributed by atoms with Gasteiger partial charge in [0.05, 0.1) is 5.56 Å². The molecule has 4 rings (SSSR count). The van der Waals surface area contributed by atoms with Crippen LogP contribution in [0.4, 0.5) is 21.9 Å². The van der Waals surface area contributed by atoms with Crippen LogP contribution in [0.3, 0.4) is 0 Å². The number of benzene rings is 2. The van der Waals surface area contributed by atoms with Crippen LogP contribution >= 0.6 is 11.6 Å². The number of nitrogens with zero attached hydrogens (tertiary/aromatic N) is 2. The average Bonchev–Trinajstić information content (AvgIpc) is 3.43. The van der Waals surface area contributed by atoms with Gasteiger partial charge >= 0.3 is 6.03 Å². The van der Waals surface area contributed by atoms with Gasteiger partial charge in [0, 0.05) is 48.3 Å². The van der Waals surface area contributed by atoms with Gasteiger partial charge in [0.25, 0.3) is 5.91 Å². The van der Waals surface area contributed by atoms with Gasteiger partial charge in [-0.25, -0.2) is 4.79 Å². The molecule has 0 aromatic heterocycles. The van der Waals surface area contributed by atoms with E-state index < -0.39 is 0 Å². The molecule has 152 valence electrons. The van der Waals surface area contributed by atoms with E-state index in [1.807, 2.05) is 17.0 Å². The fourth-order valence-electron chi connectivity index (χ4n) is 3.94. The second-order valence-electron chi connectivity index (χ2n) is 7.51. The number of hydrogen-bond acceptors (Lipinski definition) is 3. The molecule has 2 aromatic carbocycles. The van der Waals surface area contributed by atoms with Gasteiger partial charge in [0.15, 0.2) is 0 Å². The number of likely N-dealkylation sites (tertiary alicyclic amines) is 1. The second kappa shape index (κ2) is 8.74. The van der Waals surface area contributed by atoms with Crippen LogP contribution in [0.2, 0.25) is 5.02 Å². The number of anilines is 3. The van der Waals surface area contributed by atoms with E-state index in [0.29, 0.717) is 22.0 Å². The lowest BCUT2D eigenvalue weighted by molar-refractivity contribution is 0.0793. The normalized spacial score (nSPS) is 16.2. The third kappa shape index (κ3) is 4.65. The van der Waals surface area contributed by atoms with Crippen LogP contribution in [0.5, 0.6) is 0 Å². The highest BCUT2D eigenvalue weighted by atomic mass is 35.5. The number of carbonyl (C=O) groups is 2. The Labute approximate surface area is 175 Å². The third-order valence-electron chi connectivity index (χ3n) is 5.43. The summed E-state index contributed by atoms with van der Waals surface area (Å²) in [7, 11) is 0. The predicted molar refractivity (Wildman–Crippen MR) is 117 cm³/mol. The zero-order valence-corrected chi connectivity index (χ0v) is 17.0. The first-order valence-corrected chi connectivity index (χ1v) is 10.5. The van der Waals surface area contributed by atoms with Crippen molar-refractivity contribution in [2.75, 3.05) is 41.7 Å². The number of amides is 3. The molecule has 6 nitrogen and oxygen atoms in total. The van der Waals surface area contributed by atoms with Crippen molar-refractivity contribution in [3.05, 3.63) is 53.1 Å². The van der Waals surface area contributed by atoms with Crippen LogP contribution in [0.1, 0.15) is 36.0 Å². The zero-order chi connectivity index (χ0) is 20.2. The molecule has 0 radical (unpaired) electrons. The Hall–Kier alpha value is -2.73. The Kier molecular flexibility index (Phi) is 5.90. The highest BCUT2D eigenvalue weighted by molar-refractivity contribution is 6.30. The fraction of sp³-hybridized carbons (Fsp3) is 0.364. The molecule has 2 N–H and O–H groups in total. The maximum absolute atomic E-state index is 13.1. The summed E-state index contributed by atoms with van der Waals surface area (Å²) in [5.41, 5.74) is 2.87. The number of nitrogens with one attached hydrogen (secondary N) is 2. The highest BCUT2D eigenvalue weighted by Crippen LogP contribution is 2.29. The van der Waals surface area contributed by atoms with E-state index in [0.717, 1.165) is 57.5 Å². The lowest BCUT2D eigenvalue weighted by Gasteiger charge is -2.24. The van der Waals surface area contributed by atoms with E-state index in [-0.39, 0.29) is 11.9 Å². The molecule has 0 atom stereocenters. The van der Waals surface area contributed by atoms with E-state index >= 15 is 0 Å². The molecule has 2 aliphatic rings. The summed E-state index contributed by atoms with van der Waals surface area (Å²) in [5, 5.41) is 6.22. The minimum absolute atomic E-state index is 0.0474. The summed E-state index contributed by atoms with van der Waals surface area (Å²) in [6.45, 7) is 3.52. The van der Waals surface area contributed by atoms with Crippen LogP contribution in [-0.2, 0) is 0 Å². The van der Waals surface area contributed by atoms with Gasteiger partial charge in [-0.2, -0.15) is 0 Å². The van der Waals surface area contributed by atoms with Crippen molar-refractivity contribution in [3.63, 3.8) is 0 Å². The van der Waals surface area contributed by atoms with Crippen molar-refractivity contribution in [1.82, 2.24) is 4.90 Å². The van der Waals surface area contributed by atoms with E-state index in [1.54, 1.807) is 30.3 Å². The largest absolute Gasteiger partial charge is 0.371 e. The standard InChI is InChI=1S/C22H25ClN4O2/c23-16-5-7-17(8-6-16)24-22(29)25-18-9-10-20(26-11-1-2-12-26)19(15-18)21(28)27-13-3-4-14-27/h5-10,15H,1-4,11-14H2,(H2,24,25,29). The molecule has 3 amide bonds. The van der Waals surface area contributed by atoms with Crippen LogP contribution in [0.25, 0.3) is 0 Å². The van der Waals surface area contributed by atoms with Gasteiger partial charge < -0.3 is 20.4 Å². The Balaban J connectivity index is 1.53. The van der Waals surface area contributed by atoms with E-state index in [2.05, 4.69) is 15.5 Å². The highest BCUT2D eigenvalue weighted by Gasteiger charge is 2.25. The molecule has 2 saturated heterocycles. The quantitative estimate of drug-likeness (QED) is 0.756. The molecule has 0 aliphatic carbocycles. The minimum Gasteiger partial charge on any atom is -0.371 e. The van der Waals surface area contributed by atoms with Crippen LogP contribution < -0.4 is 15.5 Å². The number of rotatable bonds is 4. The zero-order valence-electron chi connectivity index (χ0n) is 16.3. The van der Waals surface area contributed by atoms with Gasteiger partial charge in [-0.05, 0) is 68.1 Å². The smallest absolute Gasteiger partial charge is 0.323 e. The number of halogens is 1. The van der Waals surface area contributed by atoms with E-state index in [1.165, 1.54) is 0 Å². The maximum Gasteiger partial charge on any atom is 0.323 e. The second-order valence-corrected chi connectivity index (χ2v) is 7.95. The van der Waals surface area contributed by atoms with E-state index in [4.69, 9.17) is 11.6 Å². The van der Waals surface area contributed by atoms with E-state index in [9.17, 15) is 9.59 Å². The van der Waals surface area contributed by atoms with Crippen molar-refractivity contribution in [3.8, 4) is 0 Å². The van der Waals surface area contributed by atoms with Crippen LogP contribution in [-0.4, -0.2) is 43.0 Å². The van der Waals surface area contributed by atoms with Crippen molar-refractivity contribution in [2.24, 2.45) is 0 Å². The van der Waals surface area contributed by atoms with Gasteiger partial charge in [-0.3, -0.25) is 4.79 Å². The number of urea groups is 1. The number of hydrogen-bond donors (Lipinski definition) is 2. The average molecular weight is 413 g/mol. The SMILES string of the molecule is O=C(Nc1ccc(Cl)cc1)Nc1ccc(N2CCCC2)c(C(=O)N2CCCC2)c1. The molecule has 0 unspecified atom stereocenters. The van der Waals surface area contributed by atoms with Crippen molar-refractivity contribution in [1.29, 1.82) is 0 Å². The van der Waals surface area contributed by atoms with Crippen molar-refractivity contribution in [2.45, 2.75) is 25.7 Å². The molecule has 2 aliphatic heterocycles. The summed E-state index contributed by atoms with van der Waals surface area (Å²) in [5.74, 6) is 0.0474. The molecule has 7 heteroatoms. The lowest BCUT2D eigenvalue weighted by atomic mass is 10.1. The van der Waals surface area contributed by atoms with Gasteiger partial charge in [-0.15, -0.1) is 0 Å². The summed E-state index contributed by atoms with van der Waals surface area (Å²) in [6.07, 6.45) is 4.38. The molecule has 2 heterocycles. The van der Waals surface area contributed by atoms with Crippen LogP contribution in [0, 0.1) is 0 Å². The summed E-state index contributed by atoms with van der Waals surface area (Å²) in [4.78, 5) is 29.7. The maximum atomic E-state index is 13.1. The monoisotopic (exact) mass is 412 g/mol. The first-order valence-electron chi connectivity index (χ1n) is 10.1. The van der Waals surface area contributed by atoms with Gasteiger partial charge in [-0.1, -0.05) is 11.6 Å². The lowest BCUT2D eigenvalue weighted by Crippen LogP contribution is -2.30. The Morgan fingerprint density at radius 2 is 1.38 bits per heavy atom. The van der Waals surface area contributed by atoms with Crippen molar-refractivity contribution >= 4 is 40.6 Å². The van der Waals surface area contributed by atoms with Gasteiger partial charge in [0.1, 0.15) is 0 Å². The summed E-state index contributed by atoms with van der Waals surface area (Å²) >= 11 is 5.88. The molecule has 2 aromatic rings. The number of carbonyl (C=O) groups excluding carboxylic acids is 2. The third-order valence-corrected chi connectivity index (χ3v) is 5.68. The summed E-state index contributed by atoms with van der Waals surface area (Å²) < 4.78 is 0. The molecular weight excluding hydrogens is 388 g/mol. The fourth-order valence-corrected chi connectivity index (χ4v) is 4.06. The summed E-state index contributed by atoms with van der Waals surface area (Å²) in [6, 6.07) is 12.2. The Morgan fingerprint density at radius 3 is 2.07 bits per heavy atom. The minimum atomic E-state index is -0.360. The first-order chi connectivity index (χ1) is 14.1. The molecular formula is C22H25ClN4O2. The van der Waals surface area contributed by atoms with Crippen LogP contribution in [0.15, 0.2) is 42.5 Å². The first kappa shape index (κ1) is 19.6. The molecule has 29 heavy (non-hydrogen) atoms. The van der Waals surface area contributed by atoms with Crippen molar-refractivity contribution < 1.29 is 9.59 Å². The molecule has 0 saturated carbocycles. The molecule has 0 bridgehead atoms. The predicted octanol–water partition coefficient (Wildman–Crippen LogP) is 4.82. The molecule has 0 spiro atoms.